The van der Waals surface area contributed by atoms with Gasteiger partial charge in [0.1, 0.15) is 17.2 Å². The summed E-state index contributed by atoms with van der Waals surface area (Å²) in [6, 6.07) is 17.6. The van der Waals surface area contributed by atoms with E-state index in [0.29, 0.717) is 0 Å². The highest BCUT2D eigenvalue weighted by atomic mass is 16.5. The number of rotatable bonds is 5. The maximum atomic E-state index is 5.76. The number of benzene rings is 2. The van der Waals surface area contributed by atoms with Crippen LogP contribution in [0.2, 0.25) is 0 Å². The van der Waals surface area contributed by atoms with Crippen molar-refractivity contribution in [3.63, 3.8) is 0 Å². The van der Waals surface area contributed by atoms with Crippen LogP contribution in [0.5, 0.6) is 17.2 Å². The summed E-state index contributed by atoms with van der Waals surface area (Å²) in [5, 5.41) is 0. The van der Waals surface area contributed by atoms with Crippen molar-refractivity contribution in [1.29, 1.82) is 0 Å². The van der Waals surface area contributed by atoms with E-state index in [9.17, 15) is 0 Å². The smallest absolute Gasteiger partial charge is 0.131 e. The summed E-state index contributed by atoms with van der Waals surface area (Å²) in [5.74, 6) is 3.31. The molecule has 2 nitrogen and oxygen atoms in total. The number of ether oxygens (including phenoxy) is 2. The Hall–Kier alpha value is -1.96. The Bertz CT molecular complexity index is 504. The van der Waals surface area contributed by atoms with Crippen LogP contribution in [0.3, 0.4) is 0 Å². The summed E-state index contributed by atoms with van der Waals surface area (Å²) in [4.78, 5) is 0. The lowest BCUT2D eigenvalue weighted by Gasteiger charge is -2.08. The van der Waals surface area contributed by atoms with Gasteiger partial charge in [-0.05, 0) is 43.0 Å². The van der Waals surface area contributed by atoms with Crippen LogP contribution in [0.25, 0.3) is 0 Å². The van der Waals surface area contributed by atoms with Crippen molar-refractivity contribution in [1.82, 2.24) is 0 Å². The van der Waals surface area contributed by atoms with Gasteiger partial charge >= 0.3 is 0 Å². The van der Waals surface area contributed by atoms with E-state index < -0.39 is 0 Å². The van der Waals surface area contributed by atoms with Gasteiger partial charge in [-0.25, -0.2) is 0 Å². The quantitative estimate of drug-likeness (QED) is 0.777. The summed E-state index contributed by atoms with van der Waals surface area (Å²) < 4.78 is 11.5. The molecular formula is C16H16O2. The van der Waals surface area contributed by atoms with E-state index >= 15 is 0 Å². The fourth-order valence-corrected chi connectivity index (χ4v) is 1.75. The Morgan fingerprint density at radius 1 is 0.833 bits per heavy atom. The first-order valence-electron chi connectivity index (χ1n) is 6.36. The van der Waals surface area contributed by atoms with Gasteiger partial charge in [0.05, 0.1) is 6.61 Å². The van der Waals surface area contributed by atoms with Crippen molar-refractivity contribution in [2.24, 2.45) is 5.92 Å². The van der Waals surface area contributed by atoms with E-state index in [4.69, 9.17) is 9.47 Å². The zero-order valence-corrected chi connectivity index (χ0v) is 10.2. The van der Waals surface area contributed by atoms with E-state index in [1.807, 2.05) is 54.6 Å². The van der Waals surface area contributed by atoms with E-state index in [1.54, 1.807) is 0 Å². The van der Waals surface area contributed by atoms with Gasteiger partial charge in [0.25, 0.3) is 0 Å². The van der Waals surface area contributed by atoms with Gasteiger partial charge in [-0.3, -0.25) is 0 Å². The molecule has 1 fully saturated rings. The molecule has 0 spiro atoms. The van der Waals surface area contributed by atoms with Crippen molar-refractivity contribution >= 4 is 0 Å². The fourth-order valence-electron chi connectivity index (χ4n) is 1.75. The Balaban J connectivity index is 1.66. The summed E-state index contributed by atoms with van der Waals surface area (Å²) >= 11 is 0. The molecule has 92 valence electrons. The predicted octanol–water partition coefficient (Wildman–Crippen LogP) is 4.27. The third kappa shape index (κ3) is 3.04. The average molecular weight is 240 g/mol. The van der Waals surface area contributed by atoms with Crippen molar-refractivity contribution < 1.29 is 9.47 Å². The molecule has 18 heavy (non-hydrogen) atoms. The molecule has 0 unspecified atom stereocenters. The van der Waals surface area contributed by atoms with Crippen LogP contribution in [0.1, 0.15) is 12.8 Å². The molecule has 0 radical (unpaired) electrons. The lowest BCUT2D eigenvalue weighted by atomic mass is 10.3. The minimum absolute atomic E-state index is 0.767. The SMILES string of the molecule is c1ccc(Oc2cccc(OCC3CC3)c2)cc1. The molecule has 3 rings (SSSR count). The van der Waals surface area contributed by atoms with Gasteiger partial charge in [0, 0.05) is 6.07 Å². The van der Waals surface area contributed by atoms with Crippen LogP contribution in [0.15, 0.2) is 54.6 Å². The molecule has 0 aliphatic heterocycles. The Morgan fingerprint density at radius 3 is 2.33 bits per heavy atom. The van der Waals surface area contributed by atoms with E-state index in [1.165, 1.54) is 12.8 Å². The normalized spacial score (nSPS) is 14.2. The third-order valence-electron chi connectivity index (χ3n) is 2.97. The topological polar surface area (TPSA) is 18.5 Å². The highest BCUT2D eigenvalue weighted by Gasteiger charge is 2.21. The molecule has 0 bridgehead atoms. The number of hydrogen-bond donors (Lipinski definition) is 0. The largest absolute Gasteiger partial charge is 0.493 e. The molecule has 0 aromatic heterocycles. The average Bonchev–Trinajstić information content (AvgIpc) is 3.22. The lowest BCUT2D eigenvalue weighted by molar-refractivity contribution is 0.298. The van der Waals surface area contributed by atoms with Gasteiger partial charge in [-0.1, -0.05) is 24.3 Å². The highest BCUT2D eigenvalue weighted by Crippen LogP contribution is 2.30. The molecule has 1 aliphatic carbocycles. The van der Waals surface area contributed by atoms with Gasteiger partial charge in [-0.15, -0.1) is 0 Å². The molecule has 2 aromatic rings. The van der Waals surface area contributed by atoms with Gasteiger partial charge in [-0.2, -0.15) is 0 Å². The molecule has 0 heterocycles. The minimum Gasteiger partial charge on any atom is -0.493 e. The first-order valence-corrected chi connectivity index (χ1v) is 6.36. The second-order valence-corrected chi connectivity index (χ2v) is 4.64. The first kappa shape index (κ1) is 11.1. The van der Waals surface area contributed by atoms with Crippen molar-refractivity contribution in [2.75, 3.05) is 6.61 Å². The van der Waals surface area contributed by atoms with Crippen molar-refractivity contribution in [2.45, 2.75) is 12.8 Å². The molecular weight excluding hydrogens is 224 g/mol. The van der Waals surface area contributed by atoms with Crippen LogP contribution in [0, 0.1) is 5.92 Å². The van der Waals surface area contributed by atoms with Crippen molar-refractivity contribution in [3.05, 3.63) is 54.6 Å². The minimum atomic E-state index is 0.767. The van der Waals surface area contributed by atoms with Gasteiger partial charge in [0.2, 0.25) is 0 Å². The second kappa shape index (κ2) is 5.13. The first-order chi connectivity index (χ1) is 8.90. The molecule has 0 atom stereocenters. The monoisotopic (exact) mass is 240 g/mol. The van der Waals surface area contributed by atoms with Crippen LogP contribution >= 0.6 is 0 Å². The summed E-state index contributed by atoms with van der Waals surface area (Å²) in [5.41, 5.74) is 0. The Labute approximate surface area is 107 Å². The zero-order chi connectivity index (χ0) is 12.2. The van der Waals surface area contributed by atoms with Gasteiger partial charge in [0.15, 0.2) is 0 Å². The molecule has 0 N–H and O–H groups in total. The molecule has 0 saturated heterocycles. The molecule has 2 heteroatoms. The number of hydrogen-bond acceptors (Lipinski definition) is 2. The fraction of sp³-hybridized carbons (Fsp3) is 0.250. The highest BCUT2D eigenvalue weighted by molar-refractivity contribution is 5.36. The van der Waals surface area contributed by atoms with Crippen LogP contribution in [-0.2, 0) is 0 Å². The summed E-state index contributed by atoms with van der Waals surface area (Å²) in [7, 11) is 0. The zero-order valence-electron chi connectivity index (χ0n) is 10.2. The summed E-state index contributed by atoms with van der Waals surface area (Å²) in [6.07, 6.45) is 2.61. The van der Waals surface area contributed by atoms with Crippen LogP contribution < -0.4 is 9.47 Å². The van der Waals surface area contributed by atoms with Crippen molar-refractivity contribution in [3.8, 4) is 17.2 Å². The molecule has 1 aliphatic rings. The third-order valence-corrected chi connectivity index (χ3v) is 2.97. The lowest BCUT2D eigenvalue weighted by Crippen LogP contribution is -1.98. The molecule has 1 saturated carbocycles. The Morgan fingerprint density at radius 2 is 1.56 bits per heavy atom. The maximum absolute atomic E-state index is 5.76. The summed E-state index contributed by atoms with van der Waals surface area (Å²) in [6.45, 7) is 0.828. The Kier molecular flexibility index (Phi) is 3.18. The predicted molar refractivity (Wildman–Crippen MR) is 71.2 cm³/mol. The maximum Gasteiger partial charge on any atom is 0.131 e. The van der Waals surface area contributed by atoms with Crippen LogP contribution in [0.4, 0.5) is 0 Å². The van der Waals surface area contributed by atoms with E-state index in [-0.39, 0.29) is 0 Å². The van der Waals surface area contributed by atoms with Gasteiger partial charge < -0.3 is 9.47 Å². The van der Waals surface area contributed by atoms with E-state index in [2.05, 4.69) is 0 Å². The standard InChI is InChI=1S/C16H16O2/c1-2-5-14(6-3-1)18-16-8-4-7-15(11-16)17-12-13-9-10-13/h1-8,11,13H,9-10,12H2. The van der Waals surface area contributed by atoms with Crippen LogP contribution in [-0.4, -0.2) is 6.61 Å². The van der Waals surface area contributed by atoms with E-state index in [0.717, 1.165) is 29.8 Å². The molecule has 2 aromatic carbocycles. The second-order valence-electron chi connectivity index (χ2n) is 4.64. The molecule has 0 amide bonds. The number of para-hydroxylation sites is 1.